The Labute approximate surface area is 117 Å². The first-order valence-corrected chi connectivity index (χ1v) is 6.40. The molecule has 0 fully saturated rings. The van der Waals surface area contributed by atoms with E-state index < -0.39 is 17.7 Å². The number of rotatable bonds is 6. The molecule has 0 heterocycles. The standard InChI is InChI=1S/C14H20F2N2O2/c1-9(2)17-14(20)8-18(3)7-13(19)11-6-10(15)4-5-12(11)16/h4-6,9,13,19H,7-8H2,1-3H3,(H,17,20). The number of benzene rings is 1. The second-order valence-corrected chi connectivity index (χ2v) is 5.10. The van der Waals surface area contributed by atoms with Crippen molar-refractivity contribution in [3.63, 3.8) is 0 Å². The van der Waals surface area contributed by atoms with Gasteiger partial charge in [0.15, 0.2) is 0 Å². The normalized spacial score (nSPS) is 12.8. The topological polar surface area (TPSA) is 52.6 Å². The number of aliphatic hydroxyl groups is 1. The second kappa shape index (κ2) is 7.31. The maximum absolute atomic E-state index is 13.5. The minimum Gasteiger partial charge on any atom is -0.387 e. The highest BCUT2D eigenvalue weighted by molar-refractivity contribution is 5.78. The molecule has 0 spiro atoms. The van der Waals surface area contributed by atoms with E-state index in [1.54, 1.807) is 11.9 Å². The van der Waals surface area contributed by atoms with Crippen molar-refractivity contribution in [1.82, 2.24) is 10.2 Å². The van der Waals surface area contributed by atoms with Crippen LogP contribution in [0.2, 0.25) is 0 Å². The molecule has 2 N–H and O–H groups in total. The van der Waals surface area contributed by atoms with Crippen molar-refractivity contribution in [1.29, 1.82) is 0 Å². The molecule has 1 amide bonds. The van der Waals surface area contributed by atoms with Crippen LogP contribution in [0.1, 0.15) is 25.5 Å². The van der Waals surface area contributed by atoms with Crippen LogP contribution < -0.4 is 5.32 Å². The summed E-state index contributed by atoms with van der Waals surface area (Å²) in [5.41, 5.74) is -0.110. The Morgan fingerprint density at radius 2 is 2.05 bits per heavy atom. The van der Waals surface area contributed by atoms with Gasteiger partial charge in [-0.15, -0.1) is 0 Å². The molecule has 6 heteroatoms. The van der Waals surface area contributed by atoms with Crippen molar-refractivity contribution in [2.24, 2.45) is 0 Å². The largest absolute Gasteiger partial charge is 0.387 e. The highest BCUT2D eigenvalue weighted by atomic mass is 19.1. The van der Waals surface area contributed by atoms with Gasteiger partial charge in [-0.2, -0.15) is 0 Å². The lowest BCUT2D eigenvalue weighted by molar-refractivity contribution is -0.122. The van der Waals surface area contributed by atoms with E-state index in [0.29, 0.717) is 0 Å². The van der Waals surface area contributed by atoms with Gasteiger partial charge in [-0.1, -0.05) is 0 Å². The molecule has 0 saturated carbocycles. The van der Waals surface area contributed by atoms with Crippen LogP contribution >= 0.6 is 0 Å². The van der Waals surface area contributed by atoms with Crippen molar-refractivity contribution in [3.8, 4) is 0 Å². The Kier molecular flexibility index (Phi) is 6.04. The number of carbonyl (C=O) groups excluding carboxylic acids is 1. The van der Waals surface area contributed by atoms with Crippen molar-refractivity contribution in [2.45, 2.75) is 26.0 Å². The van der Waals surface area contributed by atoms with Crippen molar-refractivity contribution < 1.29 is 18.7 Å². The molecule has 4 nitrogen and oxygen atoms in total. The van der Waals surface area contributed by atoms with Gasteiger partial charge in [0.25, 0.3) is 0 Å². The number of amides is 1. The Morgan fingerprint density at radius 3 is 2.65 bits per heavy atom. The van der Waals surface area contributed by atoms with E-state index in [1.165, 1.54) is 0 Å². The lowest BCUT2D eigenvalue weighted by atomic mass is 10.1. The van der Waals surface area contributed by atoms with Gasteiger partial charge in [-0.05, 0) is 39.1 Å². The average Bonchev–Trinajstić information content (AvgIpc) is 2.30. The Bertz CT molecular complexity index is 466. The molecule has 1 aromatic rings. The smallest absolute Gasteiger partial charge is 0.234 e. The van der Waals surface area contributed by atoms with Gasteiger partial charge in [-0.25, -0.2) is 8.78 Å². The Hall–Kier alpha value is -1.53. The maximum atomic E-state index is 13.5. The summed E-state index contributed by atoms with van der Waals surface area (Å²) in [6, 6.07) is 2.95. The van der Waals surface area contributed by atoms with Gasteiger partial charge in [0.05, 0.1) is 12.6 Å². The monoisotopic (exact) mass is 286 g/mol. The third kappa shape index (κ3) is 5.22. The zero-order valence-corrected chi connectivity index (χ0v) is 11.9. The minimum atomic E-state index is -1.19. The number of nitrogens with one attached hydrogen (secondary N) is 1. The molecule has 112 valence electrons. The van der Waals surface area contributed by atoms with E-state index in [0.717, 1.165) is 18.2 Å². The molecule has 1 atom stereocenters. The van der Waals surface area contributed by atoms with Crippen LogP contribution in [0.3, 0.4) is 0 Å². The summed E-state index contributed by atoms with van der Waals surface area (Å²) in [6.07, 6.45) is -1.19. The highest BCUT2D eigenvalue weighted by Gasteiger charge is 2.17. The van der Waals surface area contributed by atoms with Crippen molar-refractivity contribution in [2.75, 3.05) is 20.1 Å². The van der Waals surface area contributed by atoms with Crippen LogP contribution in [-0.4, -0.2) is 42.1 Å². The molecule has 1 unspecified atom stereocenters. The van der Waals surface area contributed by atoms with Crippen LogP contribution in [0, 0.1) is 11.6 Å². The second-order valence-electron chi connectivity index (χ2n) is 5.10. The van der Waals surface area contributed by atoms with E-state index in [9.17, 15) is 18.7 Å². The summed E-state index contributed by atoms with van der Waals surface area (Å²) >= 11 is 0. The Morgan fingerprint density at radius 1 is 1.40 bits per heavy atom. The summed E-state index contributed by atoms with van der Waals surface area (Å²) in [5, 5.41) is 12.6. The van der Waals surface area contributed by atoms with Crippen LogP contribution in [0.15, 0.2) is 18.2 Å². The third-order valence-electron chi connectivity index (χ3n) is 2.66. The fourth-order valence-corrected chi connectivity index (χ4v) is 1.84. The first-order chi connectivity index (χ1) is 9.29. The number of carbonyl (C=O) groups is 1. The number of hydrogen-bond acceptors (Lipinski definition) is 3. The van der Waals surface area contributed by atoms with Crippen molar-refractivity contribution in [3.05, 3.63) is 35.4 Å². The molecule has 0 radical (unpaired) electrons. The summed E-state index contributed by atoms with van der Waals surface area (Å²) in [7, 11) is 1.63. The van der Waals surface area contributed by atoms with E-state index in [4.69, 9.17) is 0 Å². The van der Waals surface area contributed by atoms with Gasteiger partial charge in [0.2, 0.25) is 5.91 Å². The van der Waals surface area contributed by atoms with E-state index >= 15 is 0 Å². The van der Waals surface area contributed by atoms with Gasteiger partial charge < -0.3 is 10.4 Å². The SMILES string of the molecule is CC(C)NC(=O)CN(C)CC(O)c1cc(F)ccc1F. The molecule has 0 aromatic heterocycles. The summed E-state index contributed by atoms with van der Waals surface area (Å²) < 4.78 is 26.5. The first-order valence-electron chi connectivity index (χ1n) is 6.40. The molecule has 0 aliphatic rings. The van der Waals surface area contributed by atoms with Crippen LogP contribution in [-0.2, 0) is 4.79 Å². The number of likely N-dealkylation sites (N-methyl/N-ethyl adjacent to an activating group) is 1. The summed E-state index contributed by atoms with van der Waals surface area (Å²) in [4.78, 5) is 13.1. The molecule has 0 bridgehead atoms. The predicted molar refractivity (Wildman–Crippen MR) is 72.1 cm³/mol. The number of aliphatic hydroxyl groups excluding tert-OH is 1. The zero-order chi connectivity index (χ0) is 15.3. The highest BCUT2D eigenvalue weighted by Crippen LogP contribution is 2.18. The summed E-state index contributed by atoms with van der Waals surface area (Å²) in [5.74, 6) is -1.46. The maximum Gasteiger partial charge on any atom is 0.234 e. The molecule has 1 rings (SSSR count). The molecule has 0 saturated heterocycles. The zero-order valence-electron chi connectivity index (χ0n) is 11.9. The van der Waals surface area contributed by atoms with Gasteiger partial charge in [-0.3, -0.25) is 9.69 Å². The molecule has 0 aliphatic heterocycles. The van der Waals surface area contributed by atoms with Gasteiger partial charge >= 0.3 is 0 Å². The minimum absolute atomic E-state index is 0.0292. The first kappa shape index (κ1) is 16.5. The number of hydrogen-bond donors (Lipinski definition) is 2. The number of nitrogens with zero attached hydrogens (tertiary/aromatic N) is 1. The predicted octanol–water partition coefficient (Wildman–Crippen LogP) is 1.45. The molecular formula is C14H20F2N2O2. The molecule has 0 aliphatic carbocycles. The lowest BCUT2D eigenvalue weighted by Crippen LogP contribution is -2.39. The van der Waals surface area contributed by atoms with E-state index in [-0.39, 0.29) is 30.6 Å². The molecular weight excluding hydrogens is 266 g/mol. The molecule has 20 heavy (non-hydrogen) atoms. The van der Waals surface area contributed by atoms with Crippen LogP contribution in [0.4, 0.5) is 8.78 Å². The fraction of sp³-hybridized carbons (Fsp3) is 0.500. The summed E-state index contributed by atoms with van der Waals surface area (Å²) in [6.45, 7) is 3.79. The Balaban J connectivity index is 2.59. The van der Waals surface area contributed by atoms with Crippen LogP contribution in [0.25, 0.3) is 0 Å². The fourth-order valence-electron chi connectivity index (χ4n) is 1.84. The van der Waals surface area contributed by atoms with Crippen molar-refractivity contribution >= 4 is 5.91 Å². The molecule has 1 aromatic carbocycles. The van der Waals surface area contributed by atoms with Gasteiger partial charge in [0.1, 0.15) is 11.6 Å². The van der Waals surface area contributed by atoms with E-state index in [1.807, 2.05) is 13.8 Å². The van der Waals surface area contributed by atoms with Gasteiger partial charge in [0, 0.05) is 18.2 Å². The third-order valence-corrected chi connectivity index (χ3v) is 2.66. The van der Waals surface area contributed by atoms with E-state index in [2.05, 4.69) is 5.32 Å². The number of halogens is 2. The average molecular weight is 286 g/mol. The van der Waals surface area contributed by atoms with Crippen LogP contribution in [0.5, 0.6) is 0 Å². The quantitative estimate of drug-likeness (QED) is 0.832. The lowest BCUT2D eigenvalue weighted by Gasteiger charge is -2.21.